The van der Waals surface area contributed by atoms with E-state index in [1.54, 1.807) is 7.11 Å². The van der Waals surface area contributed by atoms with Crippen molar-refractivity contribution in [2.75, 3.05) is 7.11 Å². The summed E-state index contributed by atoms with van der Waals surface area (Å²) in [5.41, 5.74) is 10.8. The molecular weight excluding hydrogens is 382 g/mol. The molecule has 0 heterocycles. The number of halogens is 2. The van der Waals surface area contributed by atoms with Gasteiger partial charge in [-0.25, -0.2) is 0 Å². The highest BCUT2D eigenvalue weighted by atomic mass is 79.9. The molecule has 0 saturated heterocycles. The van der Waals surface area contributed by atoms with E-state index in [2.05, 4.69) is 50.9 Å². The van der Waals surface area contributed by atoms with Crippen molar-refractivity contribution in [1.29, 1.82) is 0 Å². The first-order valence-corrected chi connectivity index (χ1v) is 7.88. The van der Waals surface area contributed by atoms with Crippen molar-refractivity contribution < 1.29 is 4.74 Å². The SMILES string of the molecule is COc1cc(C(N)c2cc(Br)c(C)cc2Br)ccc1C. The van der Waals surface area contributed by atoms with Crippen LogP contribution in [0.3, 0.4) is 0 Å². The summed E-state index contributed by atoms with van der Waals surface area (Å²) in [6.45, 7) is 4.07. The summed E-state index contributed by atoms with van der Waals surface area (Å²) < 4.78 is 7.45. The number of aryl methyl sites for hydroxylation is 2. The molecule has 2 nitrogen and oxygen atoms in total. The van der Waals surface area contributed by atoms with Crippen molar-refractivity contribution in [3.63, 3.8) is 0 Å². The lowest BCUT2D eigenvalue weighted by Gasteiger charge is -2.17. The van der Waals surface area contributed by atoms with E-state index < -0.39 is 0 Å². The number of methoxy groups -OCH3 is 1. The fourth-order valence-corrected chi connectivity index (χ4v) is 3.18. The molecule has 0 aliphatic heterocycles. The van der Waals surface area contributed by atoms with Gasteiger partial charge in [0.2, 0.25) is 0 Å². The van der Waals surface area contributed by atoms with E-state index in [-0.39, 0.29) is 6.04 Å². The smallest absolute Gasteiger partial charge is 0.122 e. The zero-order chi connectivity index (χ0) is 14.9. The third-order valence-electron chi connectivity index (χ3n) is 3.40. The van der Waals surface area contributed by atoms with Gasteiger partial charge in [0.25, 0.3) is 0 Å². The zero-order valence-electron chi connectivity index (χ0n) is 11.7. The highest BCUT2D eigenvalue weighted by Crippen LogP contribution is 2.33. The summed E-state index contributed by atoms with van der Waals surface area (Å²) in [6.07, 6.45) is 0. The molecule has 2 N–H and O–H groups in total. The maximum absolute atomic E-state index is 6.40. The molecule has 106 valence electrons. The molecule has 0 bridgehead atoms. The molecule has 4 heteroatoms. The predicted octanol–water partition coefficient (Wildman–Crippen LogP) is 4.89. The van der Waals surface area contributed by atoms with Crippen LogP contribution in [0, 0.1) is 13.8 Å². The summed E-state index contributed by atoms with van der Waals surface area (Å²) in [4.78, 5) is 0. The van der Waals surface area contributed by atoms with Gasteiger partial charge in [-0.15, -0.1) is 0 Å². The first-order valence-electron chi connectivity index (χ1n) is 6.29. The summed E-state index contributed by atoms with van der Waals surface area (Å²) in [6, 6.07) is 10.0. The van der Waals surface area contributed by atoms with E-state index >= 15 is 0 Å². The van der Waals surface area contributed by atoms with Crippen LogP contribution in [-0.4, -0.2) is 7.11 Å². The maximum atomic E-state index is 6.40. The molecular formula is C16H17Br2NO. The molecule has 2 rings (SSSR count). The second kappa shape index (κ2) is 6.29. The Hall–Kier alpha value is -0.840. The quantitative estimate of drug-likeness (QED) is 0.799. The molecule has 1 unspecified atom stereocenters. The van der Waals surface area contributed by atoms with Crippen LogP contribution >= 0.6 is 31.9 Å². The van der Waals surface area contributed by atoms with E-state index in [1.165, 1.54) is 5.56 Å². The first kappa shape index (κ1) is 15.5. The Morgan fingerprint density at radius 3 is 2.35 bits per heavy atom. The van der Waals surface area contributed by atoms with Gasteiger partial charge in [-0.05, 0) is 54.3 Å². The Morgan fingerprint density at radius 1 is 1.00 bits per heavy atom. The molecule has 0 spiro atoms. The van der Waals surface area contributed by atoms with Crippen LogP contribution in [0.5, 0.6) is 5.75 Å². The van der Waals surface area contributed by atoms with Crippen molar-refractivity contribution in [2.45, 2.75) is 19.9 Å². The standard InChI is InChI=1S/C16H17Br2NO/c1-9-4-5-11(7-15(9)20-3)16(19)12-8-13(17)10(2)6-14(12)18/h4-8,16H,19H2,1-3H3. The molecule has 0 radical (unpaired) electrons. The molecule has 20 heavy (non-hydrogen) atoms. The Morgan fingerprint density at radius 2 is 1.70 bits per heavy atom. The number of ether oxygens (including phenoxy) is 1. The average Bonchev–Trinajstić information content (AvgIpc) is 2.42. The Balaban J connectivity index is 2.46. The largest absolute Gasteiger partial charge is 0.496 e. The molecule has 1 atom stereocenters. The summed E-state index contributed by atoms with van der Waals surface area (Å²) in [5.74, 6) is 0.861. The normalized spacial score (nSPS) is 12.3. The minimum atomic E-state index is -0.198. The van der Waals surface area contributed by atoms with Gasteiger partial charge >= 0.3 is 0 Å². The molecule has 0 aliphatic carbocycles. The molecule has 0 fully saturated rings. The van der Waals surface area contributed by atoms with Crippen LogP contribution in [0.15, 0.2) is 39.3 Å². The fourth-order valence-electron chi connectivity index (χ4n) is 2.11. The lowest BCUT2D eigenvalue weighted by atomic mass is 9.97. The molecule has 2 aromatic rings. The van der Waals surface area contributed by atoms with E-state index in [4.69, 9.17) is 10.5 Å². The topological polar surface area (TPSA) is 35.2 Å². The molecule has 0 aliphatic rings. The number of hydrogen-bond donors (Lipinski definition) is 1. The number of hydrogen-bond acceptors (Lipinski definition) is 2. The molecule has 0 saturated carbocycles. The van der Waals surface area contributed by atoms with E-state index in [1.807, 2.05) is 25.1 Å². The fraction of sp³-hybridized carbons (Fsp3) is 0.250. The monoisotopic (exact) mass is 397 g/mol. The zero-order valence-corrected chi connectivity index (χ0v) is 14.9. The third-order valence-corrected chi connectivity index (χ3v) is 4.95. The van der Waals surface area contributed by atoms with Crippen LogP contribution in [-0.2, 0) is 0 Å². The molecule has 2 aromatic carbocycles. The van der Waals surface area contributed by atoms with Crippen molar-refractivity contribution >= 4 is 31.9 Å². The lowest BCUT2D eigenvalue weighted by Crippen LogP contribution is -2.13. The van der Waals surface area contributed by atoms with E-state index in [0.29, 0.717) is 0 Å². The van der Waals surface area contributed by atoms with Crippen LogP contribution in [0.2, 0.25) is 0 Å². The van der Waals surface area contributed by atoms with Crippen molar-refractivity contribution in [2.24, 2.45) is 5.73 Å². The van der Waals surface area contributed by atoms with Gasteiger partial charge in [0, 0.05) is 8.95 Å². The first-order chi connectivity index (χ1) is 9.43. The lowest BCUT2D eigenvalue weighted by molar-refractivity contribution is 0.411. The van der Waals surface area contributed by atoms with Gasteiger partial charge in [0.15, 0.2) is 0 Å². The molecule has 0 aromatic heterocycles. The number of rotatable bonds is 3. The minimum Gasteiger partial charge on any atom is -0.496 e. The van der Waals surface area contributed by atoms with Crippen molar-refractivity contribution in [1.82, 2.24) is 0 Å². The van der Waals surface area contributed by atoms with E-state index in [0.717, 1.165) is 31.4 Å². The van der Waals surface area contributed by atoms with Gasteiger partial charge in [-0.1, -0.05) is 44.0 Å². The van der Waals surface area contributed by atoms with Gasteiger partial charge in [0.05, 0.1) is 13.2 Å². The maximum Gasteiger partial charge on any atom is 0.122 e. The van der Waals surface area contributed by atoms with Gasteiger partial charge in [-0.2, -0.15) is 0 Å². The summed E-state index contributed by atoms with van der Waals surface area (Å²) in [5, 5.41) is 0. The highest BCUT2D eigenvalue weighted by molar-refractivity contribution is 9.11. The Labute approximate surface area is 136 Å². The predicted molar refractivity (Wildman–Crippen MR) is 90.3 cm³/mol. The van der Waals surface area contributed by atoms with Crippen LogP contribution in [0.4, 0.5) is 0 Å². The number of benzene rings is 2. The van der Waals surface area contributed by atoms with Crippen LogP contribution in [0.1, 0.15) is 28.3 Å². The Kier molecular flexibility index (Phi) is 4.89. The molecule has 0 amide bonds. The second-order valence-corrected chi connectivity index (χ2v) is 6.54. The third kappa shape index (κ3) is 3.08. The summed E-state index contributed by atoms with van der Waals surface area (Å²) >= 11 is 7.16. The van der Waals surface area contributed by atoms with Crippen molar-refractivity contribution in [3.8, 4) is 5.75 Å². The summed E-state index contributed by atoms with van der Waals surface area (Å²) in [7, 11) is 1.68. The average molecular weight is 399 g/mol. The Bertz CT molecular complexity index is 641. The highest BCUT2D eigenvalue weighted by Gasteiger charge is 2.15. The van der Waals surface area contributed by atoms with Crippen molar-refractivity contribution in [3.05, 3.63) is 61.5 Å². The van der Waals surface area contributed by atoms with Gasteiger partial charge in [-0.3, -0.25) is 0 Å². The van der Waals surface area contributed by atoms with Crippen LogP contribution < -0.4 is 10.5 Å². The minimum absolute atomic E-state index is 0.198. The number of nitrogens with two attached hydrogens (primary N) is 1. The van der Waals surface area contributed by atoms with Gasteiger partial charge < -0.3 is 10.5 Å². The second-order valence-electron chi connectivity index (χ2n) is 4.83. The van der Waals surface area contributed by atoms with Crippen LogP contribution in [0.25, 0.3) is 0 Å². The van der Waals surface area contributed by atoms with E-state index in [9.17, 15) is 0 Å². The van der Waals surface area contributed by atoms with Gasteiger partial charge in [0.1, 0.15) is 5.75 Å².